The highest BCUT2D eigenvalue weighted by Gasteiger charge is 2.13. The molecule has 4 N–H and O–H groups in total. The molecule has 0 saturated heterocycles. The number of carbonyl (C=O) groups excluding carboxylic acids is 2. The minimum absolute atomic E-state index is 0.157. The Morgan fingerprint density at radius 1 is 1.37 bits per heavy atom. The van der Waals surface area contributed by atoms with Crippen molar-refractivity contribution < 1.29 is 14.7 Å². The van der Waals surface area contributed by atoms with Crippen LogP contribution in [0.1, 0.15) is 22.8 Å². The molecule has 0 saturated carbocycles. The second-order valence-electron chi connectivity index (χ2n) is 4.45. The maximum absolute atomic E-state index is 12.0. The average Bonchev–Trinajstić information content (AvgIpc) is 2.35. The molecule has 104 valence electrons. The van der Waals surface area contributed by atoms with Gasteiger partial charge in [-0.05, 0) is 24.6 Å². The van der Waals surface area contributed by atoms with Crippen LogP contribution in [0.3, 0.4) is 0 Å². The lowest BCUT2D eigenvalue weighted by molar-refractivity contribution is 0.0703. The van der Waals surface area contributed by atoms with E-state index >= 15 is 0 Å². The van der Waals surface area contributed by atoms with Crippen LogP contribution in [-0.2, 0) is 6.54 Å². The monoisotopic (exact) mass is 265 g/mol. The van der Waals surface area contributed by atoms with Gasteiger partial charge in [0.25, 0.3) is 5.91 Å². The molecular weight excluding hydrogens is 246 g/mol. The molecule has 0 aliphatic heterocycles. The molecule has 0 heterocycles. The van der Waals surface area contributed by atoms with E-state index in [4.69, 9.17) is 5.73 Å². The number of aliphatic hydroxyl groups is 1. The summed E-state index contributed by atoms with van der Waals surface area (Å²) in [6.07, 6.45) is -0.562. The summed E-state index contributed by atoms with van der Waals surface area (Å²) in [6.45, 7) is 2.24. The molecule has 6 heteroatoms. The summed E-state index contributed by atoms with van der Waals surface area (Å²) in [5.74, 6) is -0.157. The van der Waals surface area contributed by atoms with Gasteiger partial charge in [0.15, 0.2) is 0 Å². The molecule has 0 aromatic heterocycles. The molecule has 6 nitrogen and oxygen atoms in total. The Morgan fingerprint density at radius 2 is 1.95 bits per heavy atom. The molecule has 0 spiro atoms. The number of hydrogen-bond donors (Lipinski definition) is 3. The Bertz CT molecular complexity index is 443. The van der Waals surface area contributed by atoms with Crippen molar-refractivity contribution in [2.75, 3.05) is 13.6 Å². The molecule has 0 radical (unpaired) electrons. The number of hydrogen-bond acceptors (Lipinski definition) is 3. The van der Waals surface area contributed by atoms with Gasteiger partial charge < -0.3 is 21.1 Å². The number of nitrogens with two attached hydrogens (primary N) is 1. The zero-order valence-electron chi connectivity index (χ0n) is 11.1. The summed E-state index contributed by atoms with van der Waals surface area (Å²) in [5.41, 5.74) is 6.36. The van der Waals surface area contributed by atoms with Crippen molar-refractivity contribution in [3.8, 4) is 0 Å². The van der Waals surface area contributed by atoms with Gasteiger partial charge in [0.1, 0.15) is 0 Å². The second kappa shape index (κ2) is 6.75. The van der Waals surface area contributed by atoms with E-state index in [1.165, 1.54) is 4.90 Å². The molecule has 0 bridgehead atoms. The number of urea groups is 1. The normalized spacial score (nSPS) is 11.7. The summed E-state index contributed by atoms with van der Waals surface area (Å²) in [5, 5.41) is 11.7. The lowest BCUT2D eigenvalue weighted by Crippen LogP contribution is -2.33. The van der Waals surface area contributed by atoms with E-state index in [0.717, 1.165) is 5.56 Å². The van der Waals surface area contributed by atoms with Crippen molar-refractivity contribution in [3.63, 3.8) is 0 Å². The first kappa shape index (κ1) is 15.0. The maximum atomic E-state index is 12.0. The van der Waals surface area contributed by atoms with Crippen LogP contribution in [-0.4, -0.2) is 41.6 Å². The first-order valence-electron chi connectivity index (χ1n) is 5.96. The van der Waals surface area contributed by atoms with Gasteiger partial charge in [-0.25, -0.2) is 4.79 Å². The quantitative estimate of drug-likeness (QED) is 0.714. The SMILES string of the molecule is C[C@H](O)CN(C)C(=O)c1ccc(CNC(N)=O)cc1. The van der Waals surface area contributed by atoms with Crippen molar-refractivity contribution in [1.82, 2.24) is 10.2 Å². The first-order valence-corrected chi connectivity index (χ1v) is 5.96. The van der Waals surface area contributed by atoms with E-state index < -0.39 is 12.1 Å². The van der Waals surface area contributed by atoms with E-state index in [0.29, 0.717) is 12.1 Å². The minimum atomic E-state index is -0.586. The second-order valence-corrected chi connectivity index (χ2v) is 4.45. The fourth-order valence-corrected chi connectivity index (χ4v) is 1.65. The zero-order chi connectivity index (χ0) is 14.4. The summed E-state index contributed by atoms with van der Waals surface area (Å²) in [7, 11) is 1.64. The van der Waals surface area contributed by atoms with Crippen LogP contribution in [0.25, 0.3) is 0 Å². The van der Waals surface area contributed by atoms with Gasteiger partial charge in [-0.2, -0.15) is 0 Å². The van der Waals surface area contributed by atoms with Crippen LogP contribution in [0.4, 0.5) is 4.79 Å². The summed E-state index contributed by atoms with van der Waals surface area (Å²) in [6, 6.07) is 6.27. The molecule has 3 amide bonds. The molecule has 1 aromatic carbocycles. The van der Waals surface area contributed by atoms with Crippen LogP contribution >= 0.6 is 0 Å². The lowest BCUT2D eigenvalue weighted by atomic mass is 10.1. The third-order valence-corrected chi connectivity index (χ3v) is 2.55. The van der Waals surface area contributed by atoms with Gasteiger partial charge in [0.05, 0.1) is 6.10 Å². The minimum Gasteiger partial charge on any atom is -0.392 e. The topological polar surface area (TPSA) is 95.7 Å². The third kappa shape index (κ3) is 4.97. The number of amides is 3. The summed E-state index contributed by atoms with van der Waals surface area (Å²) >= 11 is 0. The Kier molecular flexibility index (Phi) is 5.32. The van der Waals surface area contributed by atoms with Crippen molar-refractivity contribution in [2.24, 2.45) is 5.73 Å². The molecule has 0 aliphatic rings. The molecule has 1 atom stereocenters. The fourth-order valence-electron chi connectivity index (χ4n) is 1.65. The predicted octanol–water partition coefficient (Wildman–Crippen LogP) is 0.308. The summed E-state index contributed by atoms with van der Waals surface area (Å²) < 4.78 is 0. The predicted molar refractivity (Wildman–Crippen MR) is 71.5 cm³/mol. The highest BCUT2D eigenvalue weighted by Crippen LogP contribution is 2.07. The standard InChI is InChI=1S/C13H19N3O3/c1-9(17)8-16(2)12(18)11-5-3-10(4-6-11)7-15-13(14)19/h3-6,9,17H,7-8H2,1-2H3,(H3,14,15,19)/t9-/m0/s1. The van der Waals surface area contributed by atoms with Crippen molar-refractivity contribution in [3.05, 3.63) is 35.4 Å². The van der Waals surface area contributed by atoms with Gasteiger partial charge in [-0.15, -0.1) is 0 Å². The Hall–Kier alpha value is -2.08. The number of primary amides is 1. The maximum Gasteiger partial charge on any atom is 0.312 e. The van der Waals surface area contributed by atoms with Gasteiger partial charge in [0.2, 0.25) is 0 Å². The molecule has 0 aliphatic carbocycles. The molecule has 19 heavy (non-hydrogen) atoms. The first-order chi connectivity index (χ1) is 8.90. The van der Waals surface area contributed by atoms with E-state index in [2.05, 4.69) is 5.32 Å². The van der Waals surface area contributed by atoms with E-state index in [9.17, 15) is 14.7 Å². The zero-order valence-corrected chi connectivity index (χ0v) is 11.1. The number of aliphatic hydroxyl groups excluding tert-OH is 1. The fraction of sp³-hybridized carbons (Fsp3) is 0.385. The number of nitrogens with zero attached hydrogens (tertiary/aromatic N) is 1. The van der Waals surface area contributed by atoms with Crippen molar-refractivity contribution >= 4 is 11.9 Å². The number of rotatable bonds is 5. The van der Waals surface area contributed by atoms with Gasteiger partial charge in [-0.3, -0.25) is 4.79 Å². The molecule has 0 unspecified atom stereocenters. The number of carbonyl (C=O) groups is 2. The van der Waals surface area contributed by atoms with Gasteiger partial charge >= 0.3 is 6.03 Å². The smallest absolute Gasteiger partial charge is 0.312 e. The highest BCUT2D eigenvalue weighted by atomic mass is 16.3. The Labute approximate surface area is 112 Å². The van der Waals surface area contributed by atoms with E-state index in [1.807, 2.05) is 0 Å². The van der Waals surface area contributed by atoms with Crippen molar-refractivity contribution in [2.45, 2.75) is 19.6 Å². The van der Waals surface area contributed by atoms with Gasteiger partial charge in [-0.1, -0.05) is 12.1 Å². The van der Waals surface area contributed by atoms with Crippen molar-refractivity contribution in [1.29, 1.82) is 0 Å². The Balaban J connectivity index is 2.65. The largest absolute Gasteiger partial charge is 0.392 e. The van der Waals surface area contributed by atoms with Crippen LogP contribution in [0, 0.1) is 0 Å². The average molecular weight is 265 g/mol. The highest BCUT2D eigenvalue weighted by molar-refractivity contribution is 5.94. The Morgan fingerprint density at radius 3 is 2.42 bits per heavy atom. The van der Waals surface area contributed by atoms with Crippen LogP contribution in [0.2, 0.25) is 0 Å². The number of nitrogens with one attached hydrogen (secondary N) is 1. The molecular formula is C13H19N3O3. The van der Waals surface area contributed by atoms with Crippen LogP contribution < -0.4 is 11.1 Å². The molecule has 0 fully saturated rings. The van der Waals surface area contributed by atoms with Crippen LogP contribution in [0.5, 0.6) is 0 Å². The summed E-state index contributed by atoms with van der Waals surface area (Å²) in [4.78, 5) is 24.0. The van der Waals surface area contributed by atoms with E-state index in [1.54, 1.807) is 38.2 Å². The van der Waals surface area contributed by atoms with E-state index in [-0.39, 0.29) is 12.5 Å². The van der Waals surface area contributed by atoms with Gasteiger partial charge in [0, 0.05) is 25.7 Å². The third-order valence-electron chi connectivity index (χ3n) is 2.55. The number of benzene rings is 1. The number of likely N-dealkylation sites (N-methyl/N-ethyl adjacent to an activating group) is 1. The van der Waals surface area contributed by atoms with Crippen LogP contribution in [0.15, 0.2) is 24.3 Å². The molecule has 1 aromatic rings. The molecule has 1 rings (SSSR count). The lowest BCUT2D eigenvalue weighted by Gasteiger charge is -2.18.